The van der Waals surface area contributed by atoms with Gasteiger partial charge in [0.25, 0.3) is 0 Å². The standard InChI is InChI=1S/C11H14BrFN2/c1-6-2-7(6)5-15-11-3-8(12)9(13)4-10(11)14/h3-4,6-7,15H,2,5,14H2,1H3. The van der Waals surface area contributed by atoms with E-state index < -0.39 is 0 Å². The Labute approximate surface area is 97.2 Å². The van der Waals surface area contributed by atoms with Crippen LogP contribution in [0.2, 0.25) is 0 Å². The van der Waals surface area contributed by atoms with E-state index in [9.17, 15) is 4.39 Å². The van der Waals surface area contributed by atoms with Gasteiger partial charge in [0.15, 0.2) is 0 Å². The lowest BCUT2D eigenvalue weighted by atomic mass is 10.2. The summed E-state index contributed by atoms with van der Waals surface area (Å²) in [7, 11) is 0. The van der Waals surface area contributed by atoms with Gasteiger partial charge in [0.05, 0.1) is 15.8 Å². The molecule has 1 saturated carbocycles. The molecule has 2 nitrogen and oxygen atoms in total. The summed E-state index contributed by atoms with van der Waals surface area (Å²) in [5.41, 5.74) is 6.98. The Morgan fingerprint density at radius 3 is 2.87 bits per heavy atom. The molecule has 15 heavy (non-hydrogen) atoms. The third-order valence-corrected chi connectivity index (χ3v) is 3.53. The van der Waals surface area contributed by atoms with E-state index in [1.54, 1.807) is 6.07 Å². The summed E-state index contributed by atoms with van der Waals surface area (Å²) in [6.07, 6.45) is 1.27. The van der Waals surface area contributed by atoms with Gasteiger partial charge in [-0.3, -0.25) is 0 Å². The van der Waals surface area contributed by atoms with Gasteiger partial charge in [-0.05, 0) is 40.3 Å². The molecule has 0 aliphatic heterocycles. The van der Waals surface area contributed by atoms with Crippen LogP contribution in [0.1, 0.15) is 13.3 Å². The Morgan fingerprint density at radius 1 is 1.60 bits per heavy atom. The number of rotatable bonds is 3. The highest BCUT2D eigenvalue weighted by atomic mass is 79.9. The minimum Gasteiger partial charge on any atom is -0.397 e. The third-order valence-electron chi connectivity index (χ3n) is 2.92. The number of halogens is 2. The van der Waals surface area contributed by atoms with Crippen LogP contribution in [0.25, 0.3) is 0 Å². The van der Waals surface area contributed by atoms with Crippen molar-refractivity contribution in [3.63, 3.8) is 0 Å². The molecular weight excluding hydrogens is 259 g/mol. The number of nitrogens with two attached hydrogens (primary N) is 1. The fraction of sp³-hybridized carbons (Fsp3) is 0.455. The quantitative estimate of drug-likeness (QED) is 0.830. The number of anilines is 2. The van der Waals surface area contributed by atoms with Crippen molar-refractivity contribution < 1.29 is 4.39 Å². The zero-order valence-electron chi connectivity index (χ0n) is 8.56. The van der Waals surface area contributed by atoms with Gasteiger partial charge in [-0.2, -0.15) is 0 Å². The number of hydrogen-bond donors (Lipinski definition) is 2. The second kappa shape index (κ2) is 4.00. The van der Waals surface area contributed by atoms with Gasteiger partial charge in [0, 0.05) is 12.6 Å². The summed E-state index contributed by atoms with van der Waals surface area (Å²) in [6, 6.07) is 3.03. The van der Waals surface area contributed by atoms with Crippen LogP contribution >= 0.6 is 15.9 Å². The first-order valence-electron chi connectivity index (χ1n) is 5.06. The molecule has 0 aromatic heterocycles. The highest BCUT2D eigenvalue weighted by Crippen LogP contribution is 2.38. The maximum Gasteiger partial charge on any atom is 0.139 e. The summed E-state index contributed by atoms with van der Waals surface area (Å²) in [6.45, 7) is 3.15. The zero-order chi connectivity index (χ0) is 11.0. The molecule has 0 bridgehead atoms. The molecule has 0 heterocycles. The lowest BCUT2D eigenvalue weighted by Crippen LogP contribution is -2.07. The molecule has 2 unspecified atom stereocenters. The maximum absolute atomic E-state index is 13.1. The highest BCUT2D eigenvalue weighted by molar-refractivity contribution is 9.10. The molecule has 1 aliphatic carbocycles. The maximum atomic E-state index is 13.1. The molecule has 82 valence electrons. The van der Waals surface area contributed by atoms with Crippen LogP contribution < -0.4 is 11.1 Å². The molecule has 0 amide bonds. The third kappa shape index (κ3) is 2.43. The first-order chi connectivity index (χ1) is 7.08. The molecule has 0 saturated heterocycles. The molecule has 1 aromatic rings. The van der Waals surface area contributed by atoms with E-state index in [2.05, 4.69) is 28.2 Å². The summed E-state index contributed by atoms with van der Waals surface area (Å²) >= 11 is 3.14. The van der Waals surface area contributed by atoms with Crippen LogP contribution in [0.5, 0.6) is 0 Å². The van der Waals surface area contributed by atoms with Gasteiger partial charge in [-0.15, -0.1) is 0 Å². The van der Waals surface area contributed by atoms with Crippen molar-refractivity contribution in [1.82, 2.24) is 0 Å². The Hall–Kier alpha value is -0.770. The monoisotopic (exact) mass is 272 g/mol. The molecule has 0 spiro atoms. The van der Waals surface area contributed by atoms with Crippen molar-refractivity contribution in [3.05, 3.63) is 22.4 Å². The lowest BCUT2D eigenvalue weighted by Gasteiger charge is -2.09. The van der Waals surface area contributed by atoms with Crippen molar-refractivity contribution in [2.45, 2.75) is 13.3 Å². The molecule has 3 N–H and O–H groups in total. The molecule has 1 aromatic carbocycles. The van der Waals surface area contributed by atoms with Gasteiger partial charge < -0.3 is 11.1 Å². The summed E-state index contributed by atoms with van der Waals surface area (Å²) in [5, 5.41) is 3.25. The van der Waals surface area contributed by atoms with Crippen molar-refractivity contribution in [1.29, 1.82) is 0 Å². The first kappa shape index (κ1) is 10.7. The zero-order valence-corrected chi connectivity index (χ0v) is 10.1. The van der Waals surface area contributed by atoms with Crippen LogP contribution in [0.15, 0.2) is 16.6 Å². The van der Waals surface area contributed by atoms with E-state index >= 15 is 0 Å². The minimum absolute atomic E-state index is 0.321. The molecule has 4 heteroatoms. The van der Waals surface area contributed by atoms with Gasteiger partial charge in [0.1, 0.15) is 5.82 Å². The molecule has 1 fully saturated rings. The largest absolute Gasteiger partial charge is 0.397 e. The summed E-state index contributed by atoms with van der Waals surface area (Å²) in [4.78, 5) is 0. The Balaban J connectivity index is 2.04. The molecular formula is C11H14BrFN2. The normalized spacial score (nSPS) is 23.9. The van der Waals surface area contributed by atoms with Crippen LogP contribution in [0, 0.1) is 17.7 Å². The topological polar surface area (TPSA) is 38.0 Å². The van der Waals surface area contributed by atoms with Crippen LogP contribution in [-0.2, 0) is 0 Å². The first-order valence-corrected chi connectivity index (χ1v) is 5.85. The smallest absolute Gasteiger partial charge is 0.139 e. The second-order valence-electron chi connectivity index (χ2n) is 4.21. The van der Waals surface area contributed by atoms with Crippen molar-refractivity contribution >= 4 is 27.3 Å². The van der Waals surface area contributed by atoms with Crippen LogP contribution in [0.3, 0.4) is 0 Å². The fourth-order valence-corrected chi connectivity index (χ4v) is 1.98. The average Bonchev–Trinajstić information content (AvgIpc) is 2.86. The van der Waals surface area contributed by atoms with Gasteiger partial charge in [-0.1, -0.05) is 6.92 Å². The summed E-state index contributed by atoms with van der Waals surface area (Å²) in [5.74, 6) is 1.23. The minimum atomic E-state index is -0.321. The van der Waals surface area contributed by atoms with E-state index in [-0.39, 0.29) is 5.82 Å². The van der Waals surface area contributed by atoms with E-state index in [1.165, 1.54) is 12.5 Å². The lowest BCUT2D eigenvalue weighted by molar-refractivity contribution is 0.622. The van der Waals surface area contributed by atoms with E-state index in [0.29, 0.717) is 10.2 Å². The number of hydrogen-bond acceptors (Lipinski definition) is 2. The van der Waals surface area contributed by atoms with E-state index in [0.717, 1.165) is 24.1 Å². The number of benzene rings is 1. The van der Waals surface area contributed by atoms with Crippen molar-refractivity contribution in [2.75, 3.05) is 17.6 Å². The fourth-order valence-electron chi connectivity index (χ4n) is 1.64. The molecule has 2 atom stereocenters. The summed E-state index contributed by atoms with van der Waals surface area (Å²) < 4.78 is 13.5. The predicted octanol–water partition coefficient (Wildman–Crippen LogP) is 3.24. The second-order valence-corrected chi connectivity index (χ2v) is 5.06. The average molecular weight is 273 g/mol. The predicted molar refractivity (Wildman–Crippen MR) is 64.3 cm³/mol. The van der Waals surface area contributed by atoms with Crippen molar-refractivity contribution in [3.8, 4) is 0 Å². The molecule has 0 radical (unpaired) electrons. The Bertz CT molecular complexity index is 381. The highest BCUT2D eigenvalue weighted by Gasteiger charge is 2.31. The molecule has 2 rings (SSSR count). The van der Waals surface area contributed by atoms with E-state index in [1.807, 2.05) is 0 Å². The van der Waals surface area contributed by atoms with E-state index in [4.69, 9.17) is 5.73 Å². The Morgan fingerprint density at radius 2 is 2.27 bits per heavy atom. The SMILES string of the molecule is CC1CC1CNc1cc(Br)c(F)cc1N. The van der Waals surface area contributed by atoms with Crippen molar-refractivity contribution in [2.24, 2.45) is 11.8 Å². The Kier molecular flexibility index (Phi) is 2.87. The number of nitrogen functional groups attached to an aromatic ring is 1. The van der Waals surface area contributed by atoms with Gasteiger partial charge >= 0.3 is 0 Å². The van der Waals surface area contributed by atoms with Gasteiger partial charge in [-0.25, -0.2) is 4.39 Å². The van der Waals surface area contributed by atoms with Crippen LogP contribution in [0.4, 0.5) is 15.8 Å². The van der Waals surface area contributed by atoms with Crippen LogP contribution in [-0.4, -0.2) is 6.54 Å². The number of nitrogens with one attached hydrogen (secondary N) is 1. The molecule has 1 aliphatic rings. The van der Waals surface area contributed by atoms with Gasteiger partial charge in [0.2, 0.25) is 0 Å².